The Morgan fingerprint density at radius 1 is 0.396 bits per heavy atom. The van der Waals surface area contributed by atoms with E-state index in [1.165, 1.54) is 27.8 Å². The average Bonchev–Trinajstić information content (AvgIpc) is 3.51. The van der Waals surface area contributed by atoms with Crippen molar-refractivity contribution in [2.24, 2.45) is 0 Å². The molecule has 0 amide bonds. The van der Waals surface area contributed by atoms with Crippen molar-refractivity contribution in [2.45, 2.75) is 20.3 Å². The first-order chi connectivity index (χ1) is 23.4. The summed E-state index contributed by atoms with van der Waals surface area (Å²) >= 11 is 0. The molecule has 8 aromatic carbocycles. The van der Waals surface area contributed by atoms with Gasteiger partial charge < -0.3 is 15.3 Å². The van der Waals surface area contributed by atoms with Crippen LogP contribution in [0.5, 0.6) is 17.2 Å². The summed E-state index contributed by atoms with van der Waals surface area (Å²) in [6.45, 7) is 3.35. The van der Waals surface area contributed by atoms with Crippen LogP contribution in [0.1, 0.15) is 22.3 Å². The third-order valence-corrected chi connectivity index (χ3v) is 10.3. The molecule has 0 spiro atoms. The van der Waals surface area contributed by atoms with E-state index >= 15 is 0 Å². The maximum atomic E-state index is 11.5. The van der Waals surface area contributed by atoms with Crippen LogP contribution in [0.25, 0.3) is 76.8 Å². The van der Waals surface area contributed by atoms with Gasteiger partial charge in [-0.1, -0.05) is 115 Å². The van der Waals surface area contributed by atoms with Gasteiger partial charge >= 0.3 is 0 Å². The summed E-state index contributed by atoms with van der Waals surface area (Å²) < 4.78 is 0. The highest BCUT2D eigenvalue weighted by Gasteiger charge is 2.26. The van der Waals surface area contributed by atoms with E-state index in [1.807, 2.05) is 24.3 Å². The van der Waals surface area contributed by atoms with Gasteiger partial charge in [0.25, 0.3) is 0 Å². The molecule has 0 unspecified atom stereocenters. The van der Waals surface area contributed by atoms with E-state index in [0.717, 1.165) is 61.0 Å². The van der Waals surface area contributed by atoms with Crippen LogP contribution in [0, 0.1) is 13.8 Å². The monoisotopic (exact) mass is 620 g/mol. The Morgan fingerprint density at radius 2 is 0.917 bits per heavy atom. The van der Waals surface area contributed by atoms with Crippen molar-refractivity contribution in [3.63, 3.8) is 0 Å². The highest BCUT2D eigenvalue weighted by Crippen LogP contribution is 2.53. The lowest BCUT2D eigenvalue weighted by molar-refractivity contribution is 0.420. The molecule has 1 aliphatic rings. The number of hydrogen-bond acceptors (Lipinski definition) is 3. The smallest absolute Gasteiger partial charge is 0.133 e. The molecule has 1 aliphatic carbocycles. The zero-order valence-corrected chi connectivity index (χ0v) is 26.7. The minimum absolute atomic E-state index is 0.0997. The zero-order chi connectivity index (χ0) is 32.7. The largest absolute Gasteiger partial charge is 0.507 e. The van der Waals surface area contributed by atoms with E-state index in [9.17, 15) is 15.3 Å². The van der Waals surface area contributed by atoms with Gasteiger partial charge in [-0.15, -0.1) is 0 Å². The predicted molar refractivity (Wildman–Crippen MR) is 198 cm³/mol. The van der Waals surface area contributed by atoms with Crippen LogP contribution in [0.4, 0.5) is 0 Å². The molecule has 230 valence electrons. The highest BCUT2D eigenvalue weighted by molar-refractivity contribution is 6.24. The molecule has 9 rings (SSSR count). The minimum atomic E-state index is -0.121. The number of fused-ring (bicyclic) bond motifs is 6. The van der Waals surface area contributed by atoms with Gasteiger partial charge in [-0.2, -0.15) is 0 Å². The van der Waals surface area contributed by atoms with Gasteiger partial charge in [0, 0.05) is 16.7 Å². The zero-order valence-electron chi connectivity index (χ0n) is 26.7. The summed E-state index contributed by atoms with van der Waals surface area (Å²) in [6, 6.07) is 45.1. The molecule has 8 aromatic rings. The molecule has 48 heavy (non-hydrogen) atoms. The molecule has 0 saturated heterocycles. The Labute approximate surface area is 278 Å². The van der Waals surface area contributed by atoms with Crippen LogP contribution in [0.2, 0.25) is 0 Å². The molecular formula is C45H32O3. The Hall–Kier alpha value is -6.06. The Kier molecular flexibility index (Phi) is 6.15. The molecule has 3 heteroatoms. The molecule has 0 fully saturated rings. The fraction of sp³-hybridized carbons (Fsp3) is 0.0667. The molecule has 3 N–H and O–H groups in total. The van der Waals surface area contributed by atoms with Crippen LogP contribution in [-0.4, -0.2) is 15.3 Å². The summed E-state index contributed by atoms with van der Waals surface area (Å²) in [5.41, 5.74) is 11.7. The fourth-order valence-corrected chi connectivity index (χ4v) is 8.02. The van der Waals surface area contributed by atoms with Crippen molar-refractivity contribution < 1.29 is 15.3 Å². The SMILES string of the molecule is Cc1c(O)c(C)c(O)c(-c2c3ccccc3c(-c3cc(-c4cccc5c4-c4ccccc4C5)cc4ccccc34)c3ccccc23)c1O. The molecule has 0 aliphatic heterocycles. The average molecular weight is 621 g/mol. The van der Waals surface area contributed by atoms with Crippen molar-refractivity contribution in [2.75, 3.05) is 0 Å². The summed E-state index contributed by atoms with van der Waals surface area (Å²) in [4.78, 5) is 0. The van der Waals surface area contributed by atoms with Gasteiger partial charge in [0.15, 0.2) is 0 Å². The maximum absolute atomic E-state index is 11.5. The van der Waals surface area contributed by atoms with E-state index in [-0.39, 0.29) is 17.2 Å². The second kappa shape index (κ2) is 10.5. The normalized spacial score (nSPS) is 12.1. The van der Waals surface area contributed by atoms with Gasteiger partial charge in [0.2, 0.25) is 0 Å². The topological polar surface area (TPSA) is 60.7 Å². The van der Waals surface area contributed by atoms with E-state index in [4.69, 9.17) is 0 Å². The first-order valence-corrected chi connectivity index (χ1v) is 16.3. The summed E-state index contributed by atoms with van der Waals surface area (Å²) in [5.74, 6) is -0.342. The van der Waals surface area contributed by atoms with Gasteiger partial charge in [0.05, 0.1) is 5.56 Å². The van der Waals surface area contributed by atoms with Gasteiger partial charge in [0.1, 0.15) is 17.2 Å². The summed E-state index contributed by atoms with van der Waals surface area (Å²) in [6.07, 6.45) is 0.937. The number of aromatic hydroxyl groups is 3. The quantitative estimate of drug-likeness (QED) is 0.172. The molecule has 0 heterocycles. The fourth-order valence-electron chi connectivity index (χ4n) is 8.02. The second-order valence-corrected chi connectivity index (χ2v) is 12.9. The number of phenolic OH excluding ortho intramolecular Hbond substituents is 3. The van der Waals surface area contributed by atoms with Crippen molar-refractivity contribution in [1.82, 2.24) is 0 Å². The number of rotatable bonds is 3. The van der Waals surface area contributed by atoms with E-state index in [2.05, 4.69) is 103 Å². The number of phenols is 3. The van der Waals surface area contributed by atoms with Crippen molar-refractivity contribution in [3.05, 3.63) is 150 Å². The van der Waals surface area contributed by atoms with Gasteiger partial charge in [-0.05, 0) is 109 Å². The Bertz CT molecular complexity index is 2560. The van der Waals surface area contributed by atoms with Crippen LogP contribution < -0.4 is 0 Å². The summed E-state index contributed by atoms with van der Waals surface area (Å²) in [7, 11) is 0. The van der Waals surface area contributed by atoms with Crippen LogP contribution >= 0.6 is 0 Å². The molecule has 0 radical (unpaired) electrons. The number of hydrogen-bond donors (Lipinski definition) is 3. The Balaban J connectivity index is 1.41. The van der Waals surface area contributed by atoms with E-state index in [1.54, 1.807) is 13.8 Å². The van der Waals surface area contributed by atoms with Gasteiger partial charge in [-0.3, -0.25) is 0 Å². The minimum Gasteiger partial charge on any atom is -0.507 e. The highest BCUT2D eigenvalue weighted by atomic mass is 16.3. The first kappa shape index (κ1) is 28.2. The van der Waals surface area contributed by atoms with E-state index < -0.39 is 0 Å². The predicted octanol–water partition coefficient (Wildman–Crippen LogP) is 11.5. The molecule has 0 bridgehead atoms. The maximum Gasteiger partial charge on any atom is 0.133 e. The van der Waals surface area contributed by atoms with Crippen molar-refractivity contribution in [1.29, 1.82) is 0 Å². The lowest BCUT2D eigenvalue weighted by Crippen LogP contribution is -1.95. The van der Waals surface area contributed by atoms with E-state index in [0.29, 0.717) is 16.7 Å². The second-order valence-electron chi connectivity index (χ2n) is 12.9. The molecular weight excluding hydrogens is 588 g/mol. The summed E-state index contributed by atoms with van der Waals surface area (Å²) in [5, 5.41) is 39.8. The number of benzene rings is 8. The molecule has 0 saturated carbocycles. The third kappa shape index (κ3) is 3.94. The third-order valence-electron chi connectivity index (χ3n) is 10.3. The lowest BCUT2D eigenvalue weighted by atomic mass is 9.82. The van der Waals surface area contributed by atoms with Crippen LogP contribution in [-0.2, 0) is 6.42 Å². The Morgan fingerprint density at radius 3 is 1.58 bits per heavy atom. The molecule has 0 atom stereocenters. The lowest BCUT2D eigenvalue weighted by Gasteiger charge is -2.22. The van der Waals surface area contributed by atoms with Crippen molar-refractivity contribution >= 4 is 32.3 Å². The van der Waals surface area contributed by atoms with Gasteiger partial charge in [-0.25, -0.2) is 0 Å². The first-order valence-electron chi connectivity index (χ1n) is 16.3. The molecule has 3 nitrogen and oxygen atoms in total. The van der Waals surface area contributed by atoms with Crippen molar-refractivity contribution in [3.8, 4) is 61.8 Å². The van der Waals surface area contributed by atoms with Crippen LogP contribution in [0.15, 0.2) is 127 Å². The van der Waals surface area contributed by atoms with Crippen LogP contribution in [0.3, 0.4) is 0 Å². The molecule has 0 aromatic heterocycles. The standard InChI is InChI=1S/C45H32O3/c1-25-43(46)26(2)45(48)42(44(25)47)41-36-19-9-7-17-34(36)40(35-18-8-10-20-37(35)41)38-24-30(23-27-12-3-5-15-31(27)38)33-21-11-14-29-22-28-13-4-6-16-32(28)39(29)33/h3-21,23-24,46-48H,22H2,1-2H3.